The average Bonchev–Trinajstić information content (AvgIpc) is 2.75. The molecule has 0 aliphatic heterocycles. The third-order valence-electron chi connectivity index (χ3n) is 2.16. The zero-order chi connectivity index (χ0) is 13.1. The van der Waals surface area contributed by atoms with E-state index in [4.69, 9.17) is 4.42 Å². The second-order valence-electron chi connectivity index (χ2n) is 3.58. The van der Waals surface area contributed by atoms with Crippen molar-refractivity contribution in [3.8, 4) is 0 Å². The number of aromatic nitrogens is 4. The van der Waals surface area contributed by atoms with Crippen molar-refractivity contribution in [2.45, 2.75) is 13.5 Å². The van der Waals surface area contributed by atoms with Crippen LogP contribution in [-0.2, 0) is 13.6 Å². The summed E-state index contributed by atoms with van der Waals surface area (Å²) >= 11 is 0. The van der Waals surface area contributed by atoms with Crippen LogP contribution in [0.2, 0.25) is 0 Å². The van der Waals surface area contributed by atoms with Crippen molar-refractivity contribution in [2.75, 3.05) is 0 Å². The van der Waals surface area contributed by atoms with Crippen molar-refractivity contribution < 1.29 is 9.21 Å². The van der Waals surface area contributed by atoms with Gasteiger partial charge in [0, 0.05) is 20.0 Å². The normalized spacial score (nSPS) is 10.3. The van der Waals surface area contributed by atoms with Gasteiger partial charge in [-0.3, -0.25) is 9.59 Å². The van der Waals surface area contributed by atoms with E-state index in [1.54, 1.807) is 6.92 Å². The largest absolute Gasteiger partial charge is 0.424 e. The molecule has 0 radical (unpaired) electrons. The Morgan fingerprint density at radius 3 is 2.83 bits per heavy atom. The number of rotatable bonds is 3. The van der Waals surface area contributed by atoms with Crippen LogP contribution in [0.4, 0.5) is 0 Å². The van der Waals surface area contributed by atoms with Crippen LogP contribution in [0.1, 0.15) is 22.3 Å². The Morgan fingerprint density at radius 1 is 1.44 bits per heavy atom. The Hall–Kier alpha value is -2.51. The molecule has 8 heteroatoms. The molecule has 2 aromatic rings. The summed E-state index contributed by atoms with van der Waals surface area (Å²) in [5, 5.41) is 13.7. The minimum atomic E-state index is -0.415. The van der Waals surface area contributed by atoms with Crippen molar-refractivity contribution in [1.82, 2.24) is 25.3 Å². The van der Waals surface area contributed by atoms with Crippen LogP contribution in [0.15, 0.2) is 21.3 Å². The van der Waals surface area contributed by atoms with E-state index in [-0.39, 0.29) is 17.8 Å². The van der Waals surface area contributed by atoms with Gasteiger partial charge in [0.15, 0.2) is 0 Å². The lowest BCUT2D eigenvalue weighted by Gasteiger charge is -2.02. The summed E-state index contributed by atoms with van der Waals surface area (Å²) in [4.78, 5) is 22.8. The van der Waals surface area contributed by atoms with Gasteiger partial charge in [-0.25, -0.2) is 4.68 Å². The Labute approximate surface area is 102 Å². The third kappa shape index (κ3) is 2.59. The number of hydrogen-bond acceptors (Lipinski definition) is 6. The molecule has 2 heterocycles. The summed E-state index contributed by atoms with van der Waals surface area (Å²) in [6, 6.07) is 2.63. The van der Waals surface area contributed by atoms with Gasteiger partial charge < -0.3 is 9.73 Å². The smallest absolute Gasteiger partial charge is 0.272 e. The fourth-order valence-corrected chi connectivity index (χ4v) is 1.28. The van der Waals surface area contributed by atoms with Crippen LogP contribution in [0.25, 0.3) is 0 Å². The molecule has 1 amide bonds. The van der Waals surface area contributed by atoms with Gasteiger partial charge in [-0.2, -0.15) is 5.10 Å². The number of aryl methyl sites for hydroxylation is 2. The van der Waals surface area contributed by atoms with Gasteiger partial charge in [0.05, 0.1) is 6.54 Å². The first-order valence-electron chi connectivity index (χ1n) is 5.18. The van der Waals surface area contributed by atoms with Crippen LogP contribution in [-0.4, -0.2) is 25.9 Å². The van der Waals surface area contributed by atoms with E-state index in [0.717, 1.165) is 4.68 Å². The average molecular weight is 249 g/mol. The van der Waals surface area contributed by atoms with E-state index in [1.807, 2.05) is 0 Å². The van der Waals surface area contributed by atoms with Crippen molar-refractivity contribution in [3.05, 3.63) is 40.0 Å². The number of carbonyl (C=O) groups excluding carboxylic acids is 1. The highest BCUT2D eigenvalue weighted by molar-refractivity contribution is 5.91. The molecule has 0 atom stereocenters. The molecule has 18 heavy (non-hydrogen) atoms. The topological polar surface area (TPSA) is 103 Å². The lowest BCUT2D eigenvalue weighted by molar-refractivity contribution is 0.0940. The van der Waals surface area contributed by atoms with E-state index >= 15 is 0 Å². The molecule has 2 rings (SSSR count). The lowest BCUT2D eigenvalue weighted by Crippen LogP contribution is -2.28. The first-order valence-corrected chi connectivity index (χ1v) is 5.18. The predicted molar refractivity (Wildman–Crippen MR) is 59.7 cm³/mol. The van der Waals surface area contributed by atoms with Crippen molar-refractivity contribution in [3.63, 3.8) is 0 Å². The third-order valence-corrected chi connectivity index (χ3v) is 2.16. The molecule has 0 fully saturated rings. The fourth-order valence-electron chi connectivity index (χ4n) is 1.28. The quantitative estimate of drug-likeness (QED) is 0.779. The molecule has 1 N–H and O–H groups in total. The zero-order valence-electron chi connectivity index (χ0n) is 9.88. The molecular formula is C10H11N5O3. The van der Waals surface area contributed by atoms with Gasteiger partial charge in [0.2, 0.25) is 11.8 Å². The molecule has 8 nitrogen and oxygen atoms in total. The number of amides is 1. The molecule has 94 valence electrons. The Kier molecular flexibility index (Phi) is 3.18. The first-order chi connectivity index (χ1) is 8.56. The number of carbonyl (C=O) groups is 1. The van der Waals surface area contributed by atoms with Gasteiger partial charge in [0.1, 0.15) is 5.69 Å². The second-order valence-corrected chi connectivity index (χ2v) is 3.58. The summed E-state index contributed by atoms with van der Waals surface area (Å²) in [6.07, 6.45) is 0. The van der Waals surface area contributed by atoms with Gasteiger partial charge in [-0.15, -0.1) is 10.2 Å². The van der Waals surface area contributed by atoms with Gasteiger partial charge in [0.25, 0.3) is 11.5 Å². The van der Waals surface area contributed by atoms with Gasteiger partial charge in [-0.05, 0) is 6.07 Å². The predicted octanol–water partition coefficient (Wildman–Crippen LogP) is -0.598. The Bertz CT molecular complexity index is 630. The molecule has 0 unspecified atom stereocenters. The summed E-state index contributed by atoms with van der Waals surface area (Å²) < 4.78 is 6.19. The monoisotopic (exact) mass is 249 g/mol. The molecule has 0 aliphatic rings. The highest BCUT2D eigenvalue weighted by atomic mass is 16.4. The molecule has 0 spiro atoms. The Balaban J connectivity index is 2.03. The summed E-state index contributed by atoms with van der Waals surface area (Å²) in [6.45, 7) is 1.77. The number of hydrogen-bond donors (Lipinski definition) is 1. The van der Waals surface area contributed by atoms with Crippen molar-refractivity contribution in [2.24, 2.45) is 7.05 Å². The maximum atomic E-state index is 11.7. The molecule has 0 bridgehead atoms. The van der Waals surface area contributed by atoms with E-state index in [9.17, 15) is 9.59 Å². The summed E-state index contributed by atoms with van der Waals surface area (Å²) in [5.41, 5.74) is -0.132. The van der Waals surface area contributed by atoms with Gasteiger partial charge >= 0.3 is 0 Å². The molecule has 0 aromatic carbocycles. The molecule has 2 aromatic heterocycles. The van der Waals surface area contributed by atoms with E-state index in [0.29, 0.717) is 11.8 Å². The van der Waals surface area contributed by atoms with Crippen LogP contribution in [0.5, 0.6) is 0 Å². The standard InChI is InChI=1S/C10H11N5O3/c1-6-12-13-8(18-6)5-11-10(17)7-3-4-9(16)15(2)14-7/h3-4H,5H2,1-2H3,(H,11,17). The zero-order valence-corrected chi connectivity index (χ0v) is 9.88. The molecule has 0 saturated carbocycles. The minimum Gasteiger partial charge on any atom is -0.424 e. The lowest BCUT2D eigenvalue weighted by atomic mass is 10.3. The molecular weight excluding hydrogens is 238 g/mol. The van der Waals surface area contributed by atoms with Crippen LogP contribution in [0.3, 0.4) is 0 Å². The van der Waals surface area contributed by atoms with Crippen LogP contribution >= 0.6 is 0 Å². The number of nitrogens with one attached hydrogen (secondary N) is 1. The van der Waals surface area contributed by atoms with E-state index in [1.165, 1.54) is 19.2 Å². The maximum Gasteiger partial charge on any atom is 0.272 e. The molecule has 0 aliphatic carbocycles. The van der Waals surface area contributed by atoms with Crippen molar-refractivity contribution >= 4 is 5.91 Å². The summed E-state index contributed by atoms with van der Waals surface area (Å²) in [7, 11) is 1.47. The van der Waals surface area contributed by atoms with Crippen molar-refractivity contribution in [1.29, 1.82) is 0 Å². The number of nitrogens with zero attached hydrogens (tertiary/aromatic N) is 4. The minimum absolute atomic E-state index is 0.115. The highest BCUT2D eigenvalue weighted by Gasteiger charge is 2.10. The highest BCUT2D eigenvalue weighted by Crippen LogP contribution is 1.97. The van der Waals surface area contributed by atoms with Crippen LogP contribution in [0, 0.1) is 6.92 Å². The second kappa shape index (κ2) is 4.78. The fraction of sp³-hybridized carbons (Fsp3) is 0.300. The first kappa shape index (κ1) is 12.0. The van der Waals surface area contributed by atoms with E-state index in [2.05, 4.69) is 20.6 Å². The SMILES string of the molecule is Cc1nnc(CNC(=O)c2ccc(=O)n(C)n2)o1. The molecule has 0 saturated heterocycles. The van der Waals surface area contributed by atoms with E-state index < -0.39 is 5.91 Å². The van der Waals surface area contributed by atoms with Gasteiger partial charge in [-0.1, -0.05) is 0 Å². The summed E-state index contributed by atoms with van der Waals surface area (Å²) in [5.74, 6) is 0.326. The Morgan fingerprint density at radius 2 is 2.22 bits per heavy atom. The van der Waals surface area contributed by atoms with Crippen LogP contribution < -0.4 is 10.9 Å². The maximum absolute atomic E-state index is 11.7.